The van der Waals surface area contributed by atoms with E-state index in [0.29, 0.717) is 5.69 Å². The molecule has 0 bridgehead atoms. The average Bonchev–Trinajstić information content (AvgIpc) is 2.43. The highest BCUT2D eigenvalue weighted by Gasteiger charge is 2.11. The van der Waals surface area contributed by atoms with Gasteiger partial charge in [0, 0.05) is 12.6 Å². The number of amides is 1. The highest BCUT2D eigenvalue weighted by Crippen LogP contribution is 2.06. The van der Waals surface area contributed by atoms with Gasteiger partial charge in [0.2, 0.25) is 0 Å². The molecule has 0 saturated heterocycles. The predicted octanol–water partition coefficient (Wildman–Crippen LogP) is 1.97. The second-order valence-corrected chi connectivity index (χ2v) is 5.33. The fourth-order valence-corrected chi connectivity index (χ4v) is 1.72. The second-order valence-electron chi connectivity index (χ2n) is 5.33. The molecule has 1 aromatic heterocycles. The molecule has 1 amide bonds. The van der Waals surface area contributed by atoms with Crippen molar-refractivity contribution in [2.45, 2.75) is 32.7 Å². The summed E-state index contributed by atoms with van der Waals surface area (Å²) in [6.45, 7) is 5.99. The maximum atomic E-state index is 12.0. The van der Waals surface area contributed by atoms with Crippen molar-refractivity contribution in [1.29, 1.82) is 0 Å². The number of rotatable bonds is 8. The van der Waals surface area contributed by atoms with E-state index in [1.807, 2.05) is 27.1 Å². The SMILES string of the molecule is CCCNc1ccc(C(=O)NC(C)CCN(C)C)nc1. The van der Waals surface area contributed by atoms with E-state index in [9.17, 15) is 4.79 Å². The smallest absolute Gasteiger partial charge is 0.270 e. The van der Waals surface area contributed by atoms with Crippen molar-refractivity contribution in [2.75, 3.05) is 32.5 Å². The molecular formula is C15H26N4O. The summed E-state index contributed by atoms with van der Waals surface area (Å²) in [5.74, 6) is -0.113. The Hall–Kier alpha value is -1.62. The largest absolute Gasteiger partial charge is 0.384 e. The minimum atomic E-state index is -0.113. The number of carbonyl (C=O) groups is 1. The van der Waals surface area contributed by atoms with Gasteiger partial charge in [-0.15, -0.1) is 0 Å². The lowest BCUT2D eigenvalue weighted by atomic mass is 10.2. The third kappa shape index (κ3) is 6.02. The van der Waals surface area contributed by atoms with E-state index in [1.165, 1.54) is 0 Å². The predicted molar refractivity (Wildman–Crippen MR) is 83.1 cm³/mol. The summed E-state index contributed by atoms with van der Waals surface area (Å²) in [5.41, 5.74) is 1.41. The van der Waals surface area contributed by atoms with Gasteiger partial charge < -0.3 is 15.5 Å². The number of hydrogen-bond donors (Lipinski definition) is 2. The lowest BCUT2D eigenvalue weighted by Crippen LogP contribution is -2.35. The Balaban J connectivity index is 2.46. The number of nitrogens with zero attached hydrogens (tertiary/aromatic N) is 2. The molecule has 0 saturated carbocycles. The van der Waals surface area contributed by atoms with E-state index >= 15 is 0 Å². The number of aromatic nitrogens is 1. The molecule has 0 aliphatic rings. The zero-order valence-corrected chi connectivity index (χ0v) is 12.9. The zero-order chi connectivity index (χ0) is 15.0. The Morgan fingerprint density at radius 1 is 1.40 bits per heavy atom. The van der Waals surface area contributed by atoms with Crippen LogP contribution in [0.1, 0.15) is 37.2 Å². The first kappa shape index (κ1) is 16.4. The molecule has 2 N–H and O–H groups in total. The van der Waals surface area contributed by atoms with Crippen LogP contribution in [0.2, 0.25) is 0 Å². The molecular weight excluding hydrogens is 252 g/mol. The van der Waals surface area contributed by atoms with Crippen LogP contribution in [0.15, 0.2) is 18.3 Å². The molecule has 1 aromatic rings. The van der Waals surface area contributed by atoms with E-state index in [2.05, 4.69) is 27.4 Å². The molecule has 1 rings (SSSR count). The number of carbonyl (C=O) groups excluding carboxylic acids is 1. The summed E-state index contributed by atoms with van der Waals surface area (Å²) >= 11 is 0. The van der Waals surface area contributed by atoms with Crippen LogP contribution in [0.25, 0.3) is 0 Å². The molecule has 0 aliphatic heterocycles. The monoisotopic (exact) mass is 278 g/mol. The Morgan fingerprint density at radius 3 is 2.70 bits per heavy atom. The van der Waals surface area contributed by atoms with Crippen molar-refractivity contribution >= 4 is 11.6 Å². The molecule has 0 aromatic carbocycles. The quantitative estimate of drug-likeness (QED) is 0.763. The van der Waals surface area contributed by atoms with Gasteiger partial charge in [-0.1, -0.05) is 6.92 Å². The molecule has 20 heavy (non-hydrogen) atoms. The van der Waals surface area contributed by atoms with Gasteiger partial charge in [-0.3, -0.25) is 4.79 Å². The van der Waals surface area contributed by atoms with Gasteiger partial charge in [-0.25, -0.2) is 4.98 Å². The molecule has 0 aliphatic carbocycles. The van der Waals surface area contributed by atoms with Gasteiger partial charge in [0.15, 0.2) is 0 Å². The van der Waals surface area contributed by atoms with E-state index < -0.39 is 0 Å². The maximum absolute atomic E-state index is 12.0. The third-order valence-corrected chi connectivity index (χ3v) is 2.96. The van der Waals surface area contributed by atoms with Crippen molar-refractivity contribution < 1.29 is 4.79 Å². The summed E-state index contributed by atoms with van der Waals surface area (Å²) in [4.78, 5) is 18.3. The highest BCUT2D eigenvalue weighted by molar-refractivity contribution is 5.92. The Labute approximate surface area is 121 Å². The number of anilines is 1. The fourth-order valence-electron chi connectivity index (χ4n) is 1.72. The zero-order valence-electron chi connectivity index (χ0n) is 12.9. The van der Waals surface area contributed by atoms with Crippen LogP contribution < -0.4 is 10.6 Å². The summed E-state index contributed by atoms with van der Waals surface area (Å²) in [7, 11) is 4.05. The lowest BCUT2D eigenvalue weighted by molar-refractivity contribution is 0.0932. The topological polar surface area (TPSA) is 57.3 Å². The molecule has 0 fully saturated rings. The van der Waals surface area contributed by atoms with Gasteiger partial charge in [0.1, 0.15) is 5.69 Å². The molecule has 112 valence electrons. The number of hydrogen-bond acceptors (Lipinski definition) is 4. The molecule has 0 spiro atoms. The number of pyridine rings is 1. The van der Waals surface area contributed by atoms with Crippen LogP contribution in [0.3, 0.4) is 0 Å². The van der Waals surface area contributed by atoms with Crippen LogP contribution in [-0.2, 0) is 0 Å². The van der Waals surface area contributed by atoms with Crippen LogP contribution in [0.4, 0.5) is 5.69 Å². The minimum Gasteiger partial charge on any atom is -0.384 e. The van der Waals surface area contributed by atoms with Gasteiger partial charge in [0.05, 0.1) is 11.9 Å². The summed E-state index contributed by atoms with van der Waals surface area (Å²) in [6, 6.07) is 3.79. The van der Waals surface area contributed by atoms with E-state index in [4.69, 9.17) is 0 Å². The van der Waals surface area contributed by atoms with E-state index in [0.717, 1.165) is 31.6 Å². The summed E-state index contributed by atoms with van der Waals surface area (Å²) < 4.78 is 0. The third-order valence-electron chi connectivity index (χ3n) is 2.96. The minimum absolute atomic E-state index is 0.113. The van der Waals surface area contributed by atoms with Crippen molar-refractivity contribution in [3.05, 3.63) is 24.0 Å². The van der Waals surface area contributed by atoms with Crippen molar-refractivity contribution in [3.63, 3.8) is 0 Å². The van der Waals surface area contributed by atoms with Crippen LogP contribution >= 0.6 is 0 Å². The molecule has 1 heterocycles. The molecule has 1 atom stereocenters. The van der Waals surface area contributed by atoms with E-state index in [1.54, 1.807) is 12.3 Å². The highest BCUT2D eigenvalue weighted by atomic mass is 16.1. The summed E-state index contributed by atoms with van der Waals surface area (Å²) in [6.07, 6.45) is 3.69. The van der Waals surface area contributed by atoms with Gasteiger partial charge >= 0.3 is 0 Å². The van der Waals surface area contributed by atoms with Gasteiger partial charge in [-0.05, 0) is 52.5 Å². The van der Waals surface area contributed by atoms with Gasteiger partial charge in [0.25, 0.3) is 5.91 Å². The Morgan fingerprint density at radius 2 is 2.15 bits per heavy atom. The average molecular weight is 278 g/mol. The van der Waals surface area contributed by atoms with Gasteiger partial charge in [-0.2, -0.15) is 0 Å². The lowest BCUT2D eigenvalue weighted by Gasteiger charge is -2.16. The molecule has 1 unspecified atom stereocenters. The molecule has 0 radical (unpaired) electrons. The normalized spacial score (nSPS) is 12.2. The van der Waals surface area contributed by atoms with Crippen molar-refractivity contribution in [2.24, 2.45) is 0 Å². The summed E-state index contributed by atoms with van der Waals surface area (Å²) in [5, 5.41) is 6.20. The van der Waals surface area contributed by atoms with Crippen LogP contribution in [-0.4, -0.2) is 49.0 Å². The Bertz CT molecular complexity index is 403. The molecule has 5 nitrogen and oxygen atoms in total. The van der Waals surface area contributed by atoms with Crippen LogP contribution in [0.5, 0.6) is 0 Å². The van der Waals surface area contributed by atoms with Crippen LogP contribution in [0, 0.1) is 0 Å². The second kappa shape index (κ2) is 8.53. The first-order valence-corrected chi connectivity index (χ1v) is 7.18. The Kier molecular flexibility index (Phi) is 7.01. The van der Waals surface area contributed by atoms with Crippen molar-refractivity contribution in [1.82, 2.24) is 15.2 Å². The number of nitrogens with one attached hydrogen (secondary N) is 2. The van der Waals surface area contributed by atoms with E-state index in [-0.39, 0.29) is 11.9 Å². The molecule has 5 heteroatoms. The van der Waals surface area contributed by atoms with Crippen molar-refractivity contribution in [3.8, 4) is 0 Å². The fraction of sp³-hybridized carbons (Fsp3) is 0.600. The maximum Gasteiger partial charge on any atom is 0.270 e. The first-order valence-electron chi connectivity index (χ1n) is 7.18. The first-order chi connectivity index (χ1) is 9.52. The standard InChI is InChI=1S/C15H26N4O/c1-5-9-16-13-6-7-14(17-11-13)15(20)18-12(2)8-10-19(3)4/h6-7,11-12,16H,5,8-10H2,1-4H3,(H,18,20).